The second-order valence-corrected chi connectivity index (χ2v) is 4.10. The first-order valence-electron chi connectivity index (χ1n) is 4.93. The molecule has 0 heterocycles. The molecule has 1 N–H and O–H groups in total. The van der Waals surface area contributed by atoms with E-state index in [2.05, 4.69) is 12.2 Å². The Bertz CT molecular complexity index is 317. The van der Waals surface area contributed by atoms with Gasteiger partial charge in [0.2, 0.25) is 0 Å². The summed E-state index contributed by atoms with van der Waals surface area (Å²) >= 11 is 11.7. The normalized spacial score (nSPS) is 12.5. The fourth-order valence-corrected chi connectivity index (χ4v) is 1.53. The number of ether oxygens (including phenoxy) is 1. The Morgan fingerprint density at radius 3 is 2.60 bits per heavy atom. The van der Waals surface area contributed by atoms with E-state index >= 15 is 0 Å². The number of benzene rings is 1. The molecule has 0 fully saturated rings. The van der Waals surface area contributed by atoms with Crippen LogP contribution in [0.2, 0.25) is 10.0 Å². The van der Waals surface area contributed by atoms with Crippen LogP contribution in [0.4, 0.5) is 0 Å². The number of likely N-dealkylation sites (N-methyl/N-ethyl adjacent to an activating group) is 1. The molecule has 0 spiro atoms. The number of halogens is 2. The average Bonchev–Trinajstić information content (AvgIpc) is 2.23. The van der Waals surface area contributed by atoms with Gasteiger partial charge in [0.15, 0.2) is 0 Å². The van der Waals surface area contributed by atoms with Crippen molar-refractivity contribution in [3.05, 3.63) is 28.2 Å². The Balaban J connectivity index is 2.66. The van der Waals surface area contributed by atoms with Gasteiger partial charge < -0.3 is 10.1 Å². The van der Waals surface area contributed by atoms with Gasteiger partial charge in [-0.05, 0) is 25.6 Å². The summed E-state index contributed by atoms with van der Waals surface area (Å²) in [4.78, 5) is 0. The lowest BCUT2D eigenvalue weighted by atomic mass is 10.2. The molecular weight excluding hydrogens is 233 g/mol. The van der Waals surface area contributed by atoms with Gasteiger partial charge in [-0.1, -0.05) is 30.1 Å². The third kappa shape index (κ3) is 3.90. The summed E-state index contributed by atoms with van der Waals surface area (Å²) in [6.07, 6.45) is 1.11. The summed E-state index contributed by atoms with van der Waals surface area (Å²) in [5.74, 6) is 0.756. The molecule has 0 aliphatic rings. The molecule has 0 radical (unpaired) electrons. The zero-order valence-corrected chi connectivity index (χ0v) is 10.4. The first-order chi connectivity index (χ1) is 7.17. The van der Waals surface area contributed by atoms with Gasteiger partial charge in [0.25, 0.3) is 0 Å². The van der Waals surface area contributed by atoms with Crippen molar-refractivity contribution >= 4 is 23.2 Å². The number of rotatable bonds is 5. The van der Waals surface area contributed by atoms with E-state index in [1.807, 2.05) is 13.1 Å². The predicted octanol–water partition coefficient (Wildman–Crippen LogP) is 3.37. The Hall–Kier alpha value is -0.440. The standard InChI is InChI=1S/C11H15Cl2NO/c1-3-8(7-14-2)15-9-4-5-10(12)11(13)6-9/h4-6,8,14H,3,7H2,1-2H3/t8-/m1/s1. The van der Waals surface area contributed by atoms with Crippen LogP contribution in [-0.2, 0) is 0 Å². The molecule has 84 valence electrons. The summed E-state index contributed by atoms with van der Waals surface area (Å²) in [5, 5.41) is 4.15. The van der Waals surface area contributed by atoms with Gasteiger partial charge in [-0.2, -0.15) is 0 Å². The quantitative estimate of drug-likeness (QED) is 0.862. The maximum absolute atomic E-state index is 5.89. The van der Waals surface area contributed by atoms with E-state index in [4.69, 9.17) is 27.9 Å². The lowest BCUT2D eigenvalue weighted by Crippen LogP contribution is -2.28. The molecule has 0 bridgehead atoms. The van der Waals surface area contributed by atoms with Gasteiger partial charge in [0.05, 0.1) is 10.0 Å². The summed E-state index contributed by atoms with van der Waals surface area (Å²) in [6, 6.07) is 5.31. The van der Waals surface area contributed by atoms with Crippen molar-refractivity contribution in [2.75, 3.05) is 13.6 Å². The fourth-order valence-electron chi connectivity index (χ4n) is 1.24. The molecule has 0 saturated carbocycles. The van der Waals surface area contributed by atoms with Crippen molar-refractivity contribution < 1.29 is 4.74 Å². The van der Waals surface area contributed by atoms with Crippen LogP contribution >= 0.6 is 23.2 Å². The highest BCUT2D eigenvalue weighted by atomic mass is 35.5. The van der Waals surface area contributed by atoms with Crippen LogP contribution in [0.3, 0.4) is 0 Å². The summed E-state index contributed by atoms with van der Waals surface area (Å²) < 4.78 is 5.73. The van der Waals surface area contributed by atoms with Crippen molar-refractivity contribution in [1.82, 2.24) is 5.32 Å². The molecule has 1 rings (SSSR count). The Kier molecular flexibility index (Phi) is 5.23. The van der Waals surface area contributed by atoms with Gasteiger partial charge in [0.1, 0.15) is 11.9 Å². The third-order valence-electron chi connectivity index (χ3n) is 2.08. The van der Waals surface area contributed by atoms with Gasteiger partial charge in [-0.3, -0.25) is 0 Å². The van der Waals surface area contributed by atoms with Gasteiger partial charge in [-0.25, -0.2) is 0 Å². The molecule has 0 amide bonds. The van der Waals surface area contributed by atoms with Crippen LogP contribution in [0.1, 0.15) is 13.3 Å². The molecule has 1 aromatic carbocycles. The van der Waals surface area contributed by atoms with E-state index < -0.39 is 0 Å². The molecule has 0 aromatic heterocycles. The Morgan fingerprint density at radius 1 is 1.33 bits per heavy atom. The fraction of sp³-hybridized carbons (Fsp3) is 0.455. The molecular formula is C11H15Cl2NO. The van der Waals surface area contributed by atoms with Crippen LogP contribution < -0.4 is 10.1 Å². The van der Waals surface area contributed by atoms with E-state index in [0.29, 0.717) is 10.0 Å². The molecule has 4 heteroatoms. The Morgan fingerprint density at radius 2 is 2.07 bits per heavy atom. The van der Waals surface area contributed by atoms with E-state index in [9.17, 15) is 0 Å². The van der Waals surface area contributed by atoms with Gasteiger partial charge >= 0.3 is 0 Å². The van der Waals surface area contributed by atoms with Crippen molar-refractivity contribution in [3.63, 3.8) is 0 Å². The minimum Gasteiger partial charge on any atom is -0.489 e. The first-order valence-corrected chi connectivity index (χ1v) is 5.69. The second kappa shape index (κ2) is 6.21. The van der Waals surface area contributed by atoms with Crippen LogP contribution in [-0.4, -0.2) is 19.7 Å². The van der Waals surface area contributed by atoms with E-state index in [0.717, 1.165) is 18.7 Å². The predicted molar refractivity (Wildman–Crippen MR) is 65.1 cm³/mol. The average molecular weight is 248 g/mol. The summed E-state index contributed by atoms with van der Waals surface area (Å²) in [7, 11) is 1.90. The molecule has 0 unspecified atom stereocenters. The molecule has 0 aliphatic heterocycles. The topological polar surface area (TPSA) is 21.3 Å². The zero-order valence-electron chi connectivity index (χ0n) is 8.89. The first kappa shape index (κ1) is 12.6. The third-order valence-corrected chi connectivity index (χ3v) is 2.82. The summed E-state index contributed by atoms with van der Waals surface area (Å²) in [6.45, 7) is 2.90. The zero-order chi connectivity index (χ0) is 11.3. The minimum absolute atomic E-state index is 0.159. The van der Waals surface area contributed by atoms with E-state index in [-0.39, 0.29) is 6.10 Å². The minimum atomic E-state index is 0.159. The second-order valence-electron chi connectivity index (χ2n) is 3.28. The highest BCUT2D eigenvalue weighted by molar-refractivity contribution is 6.42. The number of hydrogen-bond donors (Lipinski definition) is 1. The largest absolute Gasteiger partial charge is 0.489 e. The molecule has 1 aromatic rings. The van der Waals surface area contributed by atoms with E-state index in [1.165, 1.54) is 0 Å². The highest BCUT2D eigenvalue weighted by Gasteiger charge is 2.07. The maximum atomic E-state index is 5.89. The molecule has 0 aliphatic carbocycles. The van der Waals surface area contributed by atoms with Crippen molar-refractivity contribution in [1.29, 1.82) is 0 Å². The monoisotopic (exact) mass is 247 g/mol. The van der Waals surface area contributed by atoms with Crippen molar-refractivity contribution in [2.45, 2.75) is 19.4 Å². The van der Waals surface area contributed by atoms with Gasteiger partial charge in [0, 0.05) is 12.6 Å². The van der Waals surface area contributed by atoms with Crippen molar-refractivity contribution in [3.8, 4) is 5.75 Å². The smallest absolute Gasteiger partial charge is 0.121 e. The van der Waals surface area contributed by atoms with Crippen molar-refractivity contribution in [2.24, 2.45) is 0 Å². The summed E-state index contributed by atoms with van der Waals surface area (Å²) in [5.41, 5.74) is 0. The molecule has 0 saturated heterocycles. The van der Waals surface area contributed by atoms with Crippen LogP contribution in [0.15, 0.2) is 18.2 Å². The lowest BCUT2D eigenvalue weighted by molar-refractivity contribution is 0.196. The molecule has 1 atom stereocenters. The molecule has 2 nitrogen and oxygen atoms in total. The number of hydrogen-bond acceptors (Lipinski definition) is 2. The van der Waals surface area contributed by atoms with Crippen LogP contribution in [0.5, 0.6) is 5.75 Å². The molecule has 15 heavy (non-hydrogen) atoms. The van der Waals surface area contributed by atoms with Crippen LogP contribution in [0.25, 0.3) is 0 Å². The van der Waals surface area contributed by atoms with Gasteiger partial charge in [-0.15, -0.1) is 0 Å². The lowest BCUT2D eigenvalue weighted by Gasteiger charge is -2.17. The maximum Gasteiger partial charge on any atom is 0.121 e. The van der Waals surface area contributed by atoms with Crippen LogP contribution in [0, 0.1) is 0 Å². The SMILES string of the molecule is CC[C@H](CNC)Oc1ccc(Cl)c(Cl)c1. The van der Waals surface area contributed by atoms with E-state index in [1.54, 1.807) is 12.1 Å². The highest BCUT2D eigenvalue weighted by Crippen LogP contribution is 2.26. The Labute approximate surface area is 101 Å². The number of nitrogens with one attached hydrogen (secondary N) is 1.